The Balaban J connectivity index is 1.89. The summed E-state index contributed by atoms with van der Waals surface area (Å²) < 4.78 is 10.4. The maximum atomic E-state index is 5.43. The normalized spacial score (nSPS) is 18.5. The van der Waals surface area contributed by atoms with E-state index in [0.29, 0.717) is 13.2 Å². The summed E-state index contributed by atoms with van der Waals surface area (Å²) in [6, 6.07) is 0. The second-order valence-corrected chi connectivity index (χ2v) is 3.25. The van der Waals surface area contributed by atoms with Crippen LogP contribution in [0, 0.1) is 0 Å². The van der Waals surface area contributed by atoms with Gasteiger partial charge in [0.05, 0.1) is 19.6 Å². The predicted octanol–water partition coefficient (Wildman–Crippen LogP) is 1.61. The highest BCUT2D eigenvalue weighted by atomic mass is 16.5. The molecule has 0 saturated carbocycles. The summed E-state index contributed by atoms with van der Waals surface area (Å²) in [7, 11) is 0. The molecule has 0 aromatic carbocycles. The van der Waals surface area contributed by atoms with Crippen LogP contribution in [0.4, 0.5) is 0 Å². The Morgan fingerprint density at radius 3 is 2.62 bits per heavy atom. The zero-order valence-corrected chi connectivity index (χ0v) is 8.21. The van der Waals surface area contributed by atoms with Gasteiger partial charge in [0.25, 0.3) is 0 Å². The molecule has 1 aliphatic rings. The first-order valence-corrected chi connectivity index (χ1v) is 4.96. The molecule has 1 fully saturated rings. The van der Waals surface area contributed by atoms with Crippen LogP contribution in [0.2, 0.25) is 0 Å². The third-order valence-electron chi connectivity index (χ3n) is 2.19. The number of ether oxygens (including phenoxy) is 2. The third-order valence-corrected chi connectivity index (χ3v) is 2.19. The predicted molar refractivity (Wildman–Crippen MR) is 52.4 cm³/mol. The minimum absolute atomic E-state index is 0.608. The molecule has 0 bridgehead atoms. The molecule has 1 heterocycles. The minimum atomic E-state index is 0.608. The number of hydrogen-bond acceptors (Lipinski definition) is 3. The molecule has 3 nitrogen and oxygen atoms in total. The fourth-order valence-corrected chi connectivity index (χ4v) is 1.47. The highest BCUT2D eigenvalue weighted by Crippen LogP contribution is 2.07. The van der Waals surface area contributed by atoms with Crippen molar-refractivity contribution in [3.8, 4) is 0 Å². The average molecular weight is 185 g/mol. The van der Waals surface area contributed by atoms with Gasteiger partial charge in [0.1, 0.15) is 6.61 Å². The van der Waals surface area contributed by atoms with Crippen molar-refractivity contribution in [3.63, 3.8) is 0 Å². The molecule has 0 spiro atoms. The van der Waals surface area contributed by atoms with Crippen LogP contribution in [0.3, 0.4) is 0 Å². The van der Waals surface area contributed by atoms with E-state index in [0.717, 1.165) is 6.73 Å². The van der Waals surface area contributed by atoms with Crippen LogP contribution in [0.15, 0.2) is 12.8 Å². The van der Waals surface area contributed by atoms with Gasteiger partial charge in [0, 0.05) is 13.1 Å². The first-order chi connectivity index (χ1) is 6.43. The van der Waals surface area contributed by atoms with Crippen LogP contribution in [-0.4, -0.2) is 37.9 Å². The van der Waals surface area contributed by atoms with Gasteiger partial charge in [-0.05, 0) is 12.8 Å². The summed E-state index contributed by atoms with van der Waals surface area (Å²) in [5.41, 5.74) is 0. The average Bonchev–Trinajstić information content (AvgIpc) is 2.19. The van der Waals surface area contributed by atoms with Crippen LogP contribution in [0.5, 0.6) is 0 Å². The van der Waals surface area contributed by atoms with Gasteiger partial charge in [0.15, 0.2) is 0 Å². The fourth-order valence-electron chi connectivity index (χ4n) is 1.47. The lowest BCUT2D eigenvalue weighted by atomic mass is 10.1. The van der Waals surface area contributed by atoms with E-state index in [1.54, 1.807) is 0 Å². The second kappa shape index (κ2) is 6.92. The standard InChI is InChI=1S/C10H19NO2/c1-2-12-8-9-13-10-11-6-4-3-5-7-11/h2H,1,3-10H2. The van der Waals surface area contributed by atoms with Gasteiger partial charge in [-0.1, -0.05) is 13.0 Å². The van der Waals surface area contributed by atoms with Crippen molar-refractivity contribution in [1.29, 1.82) is 0 Å². The van der Waals surface area contributed by atoms with Crippen LogP contribution >= 0.6 is 0 Å². The van der Waals surface area contributed by atoms with Gasteiger partial charge >= 0.3 is 0 Å². The molecular formula is C10H19NO2. The number of nitrogens with zero attached hydrogens (tertiary/aromatic N) is 1. The van der Waals surface area contributed by atoms with Crippen molar-refractivity contribution in [2.75, 3.05) is 33.0 Å². The lowest BCUT2D eigenvalue weighted by molar-refractivity contribution is 0.00163. The lowest BCUT2D eigenvalue weighted by Crippen LogP contribution is -2.32. The SMILES string of the molecule is C=COCCOCN1CCCCC1. The minimum Gasteiger partial charge on any atom is -0.499 e. The van der Waals surface area contributed by atoms with Gasteiger partial charge in [-0.3, -0.25) is 4.90 Å². The Bertz CT molecular complexity index is 133. The summed E-state index contributed by atoms with van der Waals surface area (Å²) >= 11 is 0. The highest BCUT2D eigenvalue weighted by Gasteiger charge is 2.08. The molecule has 0 radical (unpaired) electrons. The monoisotopic (exact) mass is 185 g/mol. The maximum absolute atomic E-state index is 5.43. The van der Waals surface area contributed by atoms with E-state index in [9.17, 15) is 0 Å². The summed E-state index contributed by atoms with van der Waals surface area (Å²) in [6.45, 7) is 7.84. The highest BCUT2D eigenvalue weighted by molar-refractivity contribution is 4.60. The molecule has 3 heteroatoms. The van der Waals surface area contributed by atoms with E-state index in [-0.39, 0.29) is 0 Å². The molecule has 0 atom stereocenters. The Labute approximate surface area is 80.3 Å². The van der Waals surface area contributed by atoms with Crippen LogP contribution in [0.1, 0.15) is 19.3 Å². The zero-order valence-electron chi connectivity index (χ0n) is 8.21. The van der Waals surface area contributed by atoms with Gasteiger partial charge < -0.3 is 9.47 Å². The van der Waals surface area contributed by atoms with E-state index in [2.05, 4.69) is 11.5 Å². The van der Waals surface area contributed by atoms with E-state index in [1.165, 1.54) is 38.6 Å². The van der Waals surface area contributed by atoms with Crippen LogP contribution < -0.4 is 0 Å². The molecule has 0 N–H and O–H groups in total. The molecule has 0 unspecified atom stereocenters. The molecule has 1 aliphatic heterocycles. The first-order valence-electron chi connectivity index (χ1n) is 4.96. The Morgan fingerprint density at radius 2 is 1.92 bits per heavy atom. The molecule has 76 valence electrons. The van der Waals surface area contributed by atoms with E-state index >= 15 is 0 Å². The number of hydrogen-bond donors (Lipinski definition) is 0. The molecule has 0 aromatic heterocycles. The molecule has 0 aliphatic carbocycles. The largest absolute Gasteiger partial charge is 0.499 e. The molecule has 1 rings (SSSR count). The number of piperidine rings is 1. The van der Waals surface area contributed by atoms with Crippen LogP contribution in [-0.2, 0) is 9.47 Å². The van der Waals surface area contributed by atoms with E-state index in [1.807, 2.05) is 0 Å². The molecular weight excluding hydrogens is 166 g/mol. The summed E-state index contributed by atoms with van der Waals surface area (Å²) in [5.74, 6) is 0. The molecule has 0 amide bonds. The quantitative estimate of drug-likeness (QED) is 0.463. The van der Waals surface area contributed by atoms with Crippen molar-refractivity contribution < 1.29 is 9.47 Å². The number of likely N-dealkylation sites (tertiary alicyclic amines) is 1. The summed E-state index contributed by atoms with van der Waals surface area (Å²) in [5, 5.41) is 0. The van der Waals surface area contributed by atoms with Gasteiger partial charge in [-0.15, -0.1) is 0 Å². The first kappa shape index (κ1) is 10.5. The lowest BCUT2D eigenvalue weighted by Gasteiger charge is -2.25. The molecule has 0 aromatic rings. The van der Waals surface area contributed by atoms with Gasteiger partial charge in [-0.2, -0.15) is 0 Å². The van der Waals surface area contributed by atoms with Crippen LogP contribution in [0.25, 0.3) is 0 Å². The zero-order chi connectivity index (χ0) is 9.36. The maximum Gasteiger partial charge on any atom is 0.111 e. The summed E-state index contributed by atoms with van der Waals surface area (Å²) in [4.78, 5) is 2.34. The van der Waals surface area contributed by atoms with Gasteiger partial charge in [0.2, 0.25) is 0 Å². The molecule has 13 heavy (non-hydrogen) atoms. The topological polar surface area (TPSA) is 21.7 Å². The third kappa shape index (κ3) is 4.90. The van der Waals surface area contributed by atoms with E-state index < -0.39 is 0 Å². The molecule has 1 saturated heterocycles. The number of rotatable bonds is 6. The van der Waals surface area contributed by atoms with Gasteiger partial charge in [-0.25, -0.2) is 0 Å². The Hall–Kier alpha value is -0.540. The summed E-state index contributed by atoms with van der Waals surface area (Å²) in [6.07, 6.45) is 5.44. The van der Waals surface area contributed by atoms with Crippen molar-refractivity contribution in [2.45, 2.75) is 19.3 Å². The van der Waals surface area contributed by atoms with Crippen molar-refractivity contribution in [1.82, 2.24) is 4.90 Å². The van der Waals surface area contributed by atoms with Crippen molar-refractivity contribution in [2.24, 2.45) is 0 Å². The fraction of sp³-hybridized carbons (Fsp3) is 0.800. The Kier molecular flexibility index (Phi) is 5.61. The van der Waals surface area contributed by atoms with Crippen molar-refractivity contribution >= 4 is 0 Å². The second-order valence-electron chi connectivity index (χ2n) is 3.25. The smallest absolute Gasteiger partial charge is 0.111 e. The Morgan fingerprint density at radius 1 is 1.15 bits per heavy atom. The van der Waals surface area contributed by atoms with E-state index in [4.69, 9.17) is 9.47 Å². The van der Waals surface area contributed by atoms with Crippen molar-refractivity contribution in [3.05, 3.63) is 12.8 Å².